The number of aromatic hydroxyl groups is 1. The predicted molar refractivity (Wildman–Crippen MR) is 155 cm³/mol. The number of phenolic OH excluding ortho intramolecular Hbond substituents is 1. The van der Waals surface area contributed by atoms with Gasteiger partial charge >= 0.3 is 0 Å². The van der Waals surface area contributed by atoms with Crippen molar-refractivity contribution in [3.63, 3.8) is 0 Å². The van der Waals surface area contributed by atoms with E-state index in [1.807, 2.05) is 54.6 Å². The van der Waals surface area contributed by atoms with Crippen molar-refractivity contribution in [2.24, 2.45) is 0 Å². The van der Waals surface area contributed by atoms with Crippen LogP contribution in [0.2, 0.25) is 0 Å². The van der Waals surface area contributed by atoms with Crippen molar-refractivity contribution in [1.29, 1.82) is 0 Å². The van der Waals surface area contributed by atoms with Crippen LogP contribution in [0.1, 0.15) is 62.0 Å². The van der Waals surface area contributed by atoms with E-state index >= 15 is 0 Å². The smallest absolute Gasteiger partial charge is 0.124 e. The fourth-order valence-corrected chi connectivity index (χ4v) is 4.95. The van der Waals surface area contributed by atoms with Gasteiger partial charge in [-0.15, -0.1) is 35.9 Å². The normalized spacial score (nSPS) is 11.1. The second-order valence-corrected chi connectivity index (χ2v) is 10.3. The minimum absolute atomic E-state index is 0. The van der Waals surface area contributed by atoms with Crippen molar-refractivity contribution < 1.29 is 26.2 Å². The Morgan fingerprint density at radius 2 is 1.41 bits per heavy atom. The van der Waals surface area contributed by atoms with Crippen LogP contribution in [0.4, 0.5) is 0 Å². The molecule has 0 atom stereocenters. The molecule has 4 nitrogen and oxygen atoms in total. The van der Waals surface area contributed by atoms with Crippen LogP contribution in [0, 0.1) is 6.07 Å². The van der Waals surface area contributed by atoms with E-state index in [2.05, 4.69) is 68.8 Å². The summed E-state index contributed by atoms with van der Waals surface area (Å²) in [5.74, 6) is 1.91. The molecule has 1 N–H and O–H groups in total. The Hall–Kier alpha value is -3.49. The molecule has 0 spiro atoms. The van der Waals surface area contributed by atoms with Gasteiger partial charge in [0.25, 0.3) is 0 Å². The summed E-state index contributed by atoms with van der Waals surface area (Å²) < 4.78 is 2.28. The van der Waals surface area contributed by atoms with Crippen LogP contribution in [0.5, 0.6) is 5.75 Å². The Labute approximate surface area is 246 Å². The second kappa shape index (κ2) is 12.6. The third kappa shape index (κ3) is 6.23. The average molecular weight is 696 g/mol. The van der Waals surface area contributed by atoms with Crippen LogP contribution < -0.4 is 0 Å². The largest absolute Gasteiger partial charge is 0.507 e. The van der Waals surface area contributed by atoms with Crippen LogP contribution in [-0.2, 0) is 33.9 Å². The van der Waals surface area contributed by atoms with Gasteiger partial charge in [0.2, 0.25) is 0 Å². The molecule has 39 heavy (non-hydrogen) atoms. The van der Waals surface area contributed by atoms with Gasteiger partial charge in [-0.05, 0) is 60.1 Å². The van der Waals surface area contributed by atoms with Gasteiger partial charge in [0.05, 0.1) is 11.5 Å². The van der Waals surface area contributed by atoms with Crippen molar-refractivity contribution in [3.05, 3.63) is 120 Å². The van der Waals surface area contributed by atoms with Gasteiger partial charge in [-0.1, -0.05) is 64.1 Å². The molecule has 0 saturated carbocycles. The van der Waals surface area contributed by atoms with E-state index in [0.29, 0.717) is 11.8 Å². The van der Waals surface area contributed by atoms with Crippen LogP contribution in [0.25, 0.3) is 28.3 Å². The summed E-state index contributed by atoms with van der Waals surface area (Å²) >= 11 is 0. The molecule has 5 aromatic rings. The minimum Gasteiger partial charge on any atom is -0.507 e. The molecule has 0 unspecified atom stereocenters. The van der Waals surface area contributed by atoms with Gasteiger partial charge in [-0.3, -0.25) is 9.97 Å². The number of rotatable bonds is 8. The number of hydrogen-bond acceptors (Lipinski definition) is 3. The Morgan fingerprint density at radius 3 is 2.08 bits per heavy atom. The van der Waals surface area contributed by atoms with Gasteiger partial charge in [0.15, 0.2) is 0 Å². The Kier molecular flexibility index (Phi) is 9.19. The number of para-hydroxylation sites is 2. The maximum absolute atomic E-state index is 10.3. The topological polar surface area (TPSA) is 50.9 Å². The molecule has 0 saturated heterocycles. The summed E-state index contributed by atoms with van der Waals surface area (Å²) in [4.78, 5) is 9.97. The van der Waals surface area contributed by atoms with E-state index in [-0.39, 0.29) is 26.8 Å². The summed E-state index contributed by atoms with van der Waals surface area (Å²) in [7, 11) is 0. The minimum atomic E-state index is 0. The summed E-state index contributed by atoms with van der Waals surface area (Å²) in [6.45, 7) is 8.99. The average Bonchev–Trinajstić information content (AvgIpc) is 3.36. The van der Waals surface area contributed by atoms with Gasteiger partial charge in [-0.2, -0.15) is 0 Å². The summed E-state index contributed by atoms with van der Waals surface area (Å²) in [5.41, 5.74) is 8.34. The number of imidazole rings is 1. The molecule has 0 bridgehead atoms. The molecule has 0 aliphatic rings. The van der Waals surface area contributed by atoms with Gasteiger partial charge < -0.3 is 9.67 Å². The van der Waals surface area contributed by atoms with Crippen LogP contribution in [0.3, 0.4) is 0 Å². The van der Waals surface area contributed by atoms with E-state index in [4.69, 9.17) is 9.97 Å². The van der Waals surface area contributed by atoms with E-state index < -0.39 is 0 Å². The molecular weight excluding hydrogens is 661 g/mol. The third-order valence-corrected chi connectivity index (χ3v) is 6.91. The maximum Gasteiger partial charge on any atom is 0.124 e. The van der Waals surface area contributed by atoms with Crippen LogP contribution in [0.15, 0.2) is 91.1 Å². The molecule has 2 aromatic heterocycles. The molecule has 5 rings (SSSR count). The zero-order valence-corrected chi connectivity index (χ0v) is 25.1. The number of pyridine rings is 1. The fourth-order valence-electron chi connectivity index (χ4n) is 4.95. The van der Waals surface area contributed by atoms with Crippen molar-refractivity contribution >= 4 is 0 Å². The number of aryl methyl sites for hydroxylation is 2. The standard InChI is InChI=1S/C34H34N3O.Pt/c1-23(2)28-16-11-17-29(24(3)4)33(28)37-22-27(36-34(37)25-12-6-5-7-13-25)21-20-26-14-10-18-31(35-26)30-15-8-9-19-32(30)38;/h5-12,14-19,22-24,38H,20-21H2,1-4H3;/q-1;. The Morgan fingerprint density at radius 1 is 0.744 bits per heavy atom. The SMILES string of the molecule is CC(C)c1cccc(C(C)C)c1-n1cc(CCc2cccc(-c3ccccc3O)n2)nc1-c1[c-]cccc1.[Pt]. The Bertz CT molecular complexity index is 1510. The first kappa shape index (κ1) is 28.5. The fraction of sp³-hybridized carbons (Fsp3) is 0.235. The number of benzene rings is 3. The molecule has 0 amide bonds. The molecule has 0 aliphatic heterocycles. The number of nitrogens with zero attached hydrogens (tertiary/aromatic N) is 3. The summed E-state index contributed by atoms with van der Waals surface area (Å²) in [6, 6.07) is 31.4. The van der Waals surface area contributed by atoms with Gasteiger partial charge in [0, 0.05) is 49.9 Å². The van der Waals surface area contributed by atoms with Crippen LogP contribution >= 0.6 is 0 Å². The van der Waals surface area contributed by atoms with Crippen molar-refractivity contribution in [2.75, 3.05) is 0 Å². The van der Waals surface area contributed by atoms with E-state index in [0.717, 1.165) is 46.9 Å². The molecule has 0 radical (unpaired) electrons. The Balaban J connectivity index is 0.00000353. The quantitative estimate of drug-likeness (QED) is 0.167. The number of phenols is 1. The zero-order valence-electron chi connectivity index (χ0n) is 22.8. The predicted octanol–water partition coefficient (Wildman–Crippen LogP) is 8.14. The van der Waals surface area contributed by atoms with Crippen LogP contribution in [-0.4, -0.2) is 19.6 Å². The summed E-state index contributed by atoms with van der Waals surface area (Å²) in [5, 5.41) is 10.3. The van der Waals surface area contributed by atoms with Crippen molar-refractivity contribution in [3.8, 4) is 34.1 Å². The maximum atomic E-state index is 10.3. The van der Waals surface area contributed by atoms with E-state index in [9.17, 15) is 5.11 Å². The molecule has 202 valence electrons. The summed E-state index contributed by atoms with van der Waals surface area (Å²) in [6.07, 6.45) is 3.69. The monoisotopic (exact) mass is 695 g/mol. The van der Waals surface area contributed by atoms with E-state index in [1.165, 1.54) is 16.8 Å². The molecule has 2 heterocycles. The van der Waals surface area contributed by atoms with E-state index in [1.54, 1.807) is 6.07 Å². The zero-order chi connectivity index (χ0) is 26.6. The van der Waals surface area contributed by atoms with Gasteiger partial charge in [0.1, 0.15) is 5.75 Å². The van der Waals surface area contributed by atoms with Crippen molar-refractivity contribution in [1.82, 2.24) is 14.5 Å². The first-order valence-electron chi connectivity index (χ1n) is 13.3. The first-order chi connectivity index (χ1) is 18.4. The molecule has 3 aromatic carbocycles. The third-order valence-electron chi connectivity index (χ3n) is 6.91. The molecule has 0 aliphatic carbocycles. The van der Waals surface area contributed by atoms with Crippen molar-refractivity contribution in [2.45, 2.75) is 52.4 Å². The van der Waals surface area contributed by atoms with Gasteiger partial charge in [-0.25, -0.2) is 0 Å². The second-order valence-electron chi connectivity index (χ2n) is 10.3. The molecular formula is C34H34N3OPt-. The number of hydrogen-bond donors (Lipinski definition) is 1. The molecule has 5 heteroatoms. The molecule has 0 fully saturated rings. The first-order valence-corrected chi connectivity index (χ1v) is 13.3. The number of aromatic nitrogens is 3.